The minimum absolute atomic E-state index is 0.0284. The first-order valence-corrected chi connectivity index (χ1v) is 17.9. The molecule has 264 valence electrons. The molecule has 1 aromatic heterocycles. The highest BCUT2D eigenvalue weighted by molar-refractivity contribution is 6.35. The zero-order valence-corrected chi connectivity index (χ0v) is 29.6. The molecule has 2 bridgehead atoms. The van der Waals surface area contributed by atoms with Crippen LogP contribution < -0.4 is 14.4 Å². The number of fused-ring (bicyclic) bond motifs is 5. The van der Waals surface area contributed by atoms with Gasteiger partial charge in [0.25, 0.3) is 0 Å². The number of amides is 1. The van der Waals surface area contributed by atoms with Gasteiger partial charge < -0.3 is 19.1 Å². The van der Waals surface area contributed by atoms with Crippen LogP contribution in [0.3, 0.4) is 0 Å². The third kappa shape index (κ3) is 5.76. The van der Waals surface area contributed by atoms with Gasteiger partial charge in [-0.15, -0.1) is 0 Å². The number of rotatable bonds is 6. The summed E-state index contributed by atoms with van der Waals surface area (Å²) in [5, 5.41) is 2.36. The van der Waals surface area contributed by atoms with Crippen molar-refractivity contribution < 1.29 is 27.8 Å². The largest absolute Gasteiger partial charge is 0.497 e. The number of ether oxygens (including phenoxy) is 3. The number of hydrogen-bond donors (Lipinski definition) is 0. The number of hydrogen-bond acceptors (Lipinski definition) is 8. The van der Waals surface area contributed by atoms with Crippen LogP contribution in [0.25, 0.3) is 32.8 Å². The molecule has 0 radical (unpaired) electrons. The maximum atomic E-state index is 17.2. The summed E-state index contributed by atoms with van der Waals surface area (Å²) in [5.41, 5.74) is -0.181. The number of alkyl halides is 1. The van der Waals surface area contributed by atoms with Crippen LogP contribution in [0.2, 0.25) is 5.02 Å². The fraction of sp³-hybridized carbons (Fsp3) is 0.500. The normalized spacial score (nSPS) is 25.1. The van der Waals surface area contributed by atoms with E-state index in [1.54, 1.807) is 19.2 Å². The monoisotopic (exact) mass is 705 g/mol. The van der Waals surface area contributed by atoms with Crippen LogP contribution in [-0.2, 0) is 4.74 Å². The van der Waals surface area contributed by atoms with Gasteiger partial charge in [0.2, 0.25) is 0 Å². The Labute approximate surface area is 295 Å². The van der Waals surface area contributed by atoms with Crippen LogP contribution in [0.1, 0.15) is 52.9 Å². The summed E-state index contributed by atoms with van der Waals surface area (Å²) in [6, 6.07) is 12.9. The molecule has 3 unspecified atom stereocenters. The molecule has 9 nitrogen and oxygen atoms in total. The van der Waals surface area contributed by atoms with Crippen molar-refractivity contribution in [1.82, 2.24) is 19.8 Å². The molecule has 4 aromatic rings. The lowest BCUT2D eigenvalue weighted by molar-refractivity contribution is 0.0122. The number of carbonyl (C=O) groups excluding carboxylic acids is 1. The third-order valence-electron chi connectivity index (χ3n) is 10.8. The Hall–Kier alpha value is -3.96. The molecule has 50 heavy (non-hydrogen) atoms. The number of carbonyl (C=O) groups is 1. The third-order valence-corrected chi connectivity index (χ3v) is 11.1. The average molecular weight is 706 g/mol. The molecular formula is C38H42ClF2N5O4. The first-order valence-electron chi connectivity index (χ1n) is 17.5. The highest BCUT2D eigenvalue weighted by Gasteiger charge is 2.50. The van der Waals surface area contributed by atoms with Crippen molar-refractivity contribution in [2.45, 2.75) is 82.3 Å². The zero-order chi connectivity index (χ0) is 34.9. The number of aromatic nitrogens is 2. The van der Waals surface area contributed by atoms with Crippen molar-refractivity contribution in [3.63, 3.8) is 0 Å². The molecule has 1 amide bonds. The highest BCUT2D eigenvalue weighted by atomic mass is 35.5. The lowest BCUT2D eigenvalue weighted by Crippen LogP contribution is -2.57. The number of nitrogens with zero attached hydrogens (tertiary/aromatic N) is 5. The summed E-state index contributed by atoms with van der Waals surface area (Å²) < 4.78 is 49.5. The molecule has 4 aliphatic rings. The van der Waals surface area contributed by atoms with Gasteiger partial charge in [-0.05, 0) is 87.5 Å². The van der Waals surface area contributed by atoms with Crippen molar-refractivity contribution in [1.29, 1.82) is 0 Å². The zero-order valence-electron chi connectivity index (χ0n) is 28.8. The Bertz CT molecular complexity index is 1980. The minimum atomic E-state index is -0.913. The van der Waals surface area contributed by atoms with E-state index in [0.29, 0.717) is 48.6 Å². The maximum Gasteiger partial charge on any atom is 0.410 e. The van der Waals surface area contributed by atoms with E-state index < -0.39 is 23.1 Å². The van der Waals surface area contributed by atoms with E-state index in [2.05, 4.69) is 14.8 Å². The Balaban J connectivity index is 1.23. The van der Waals surface area contributed by atoms with E-state index in [9.17, 15) is 9.18 Å². The van der Waals surface area contributed by atoms with E-state index in [1.807, 2.05) is 56.0 Å². The van der Waals surface area contributed by atoms with E-state index in [4.69, 9.17) is 30.8 Å². The number of piperazine rings is 1. The molecule has 3 aromatic carbocycles. The van der Waals surface area contributed by atoms with E-state index in [1.165, 1.54) is 0 Å². The number of halogens is 3. The van der Waals surface area contributed by atoms with E-state index in [-0.39, 0.29) is 46.9 Å². The molecule has 0 aliphatic carbocycles. The molecule has 0 N–H and O–H groups in total. The van der Waals surface area contributed by atoms with Crippen molar-refractivity contribution in [3.05, 3.63) is 53.3 Å². The van der Waals surface area contributed by atoms with Gasteiger partial charge in [0.1, 0.15) is 35.5 Å². The summed E-state index contributed by atoms with van der Waals surface area (Å²) in [6.07, 6.45) is 2.57. The predicted molar refractivity (Wildman–Crippen MR) is 190 cm³/mol. The Kier molecular flexibility index (Phi) is 8.21. The molecule has 8 rings (SSSR count). The lowest BCUT2D eigenvalue weighted by atomic mass is 9.95. The van der Waals surface area contributed by atoms with Gasteiger partial charge >= 0.3 is 12.1 Å². The van der Waals surface area contributed by atoms with Gasteiger partial charge in [0.15, 0.2) is 5.82 Å². The number of anilines is 1. The topological polar surface area (TPSA) is 80.3 Å². The Morgan fingerprint density at radius 3 is 2.56 bits per heavy atom. The van der Waals surface area contributed by atoms with Crippen LogP contribution in [0, 0.1) is 5.82 Å². The molecule has 0 saturated carbocycles. The molecular weight excluding hydrogens is 664 g/mol. The Morgan fingerprint density at radius 1 is 1.06 bits per heavy atom. The van der Waals surface area contributed by atoms with Crippen molar-refractivity contribution in [2.75, 3.05) is 44.8 Å². The predicted octanol–water partition coefficient (Wildman–Crippen LogP) is 7.79. The molecule has 4 aliphatic heterocycles. The SMILES string of the molecule is COc1cc(-c2c(Cl)cc3c(N4CC5CCC(C4)N5C(=O)OC(C)(C)C)nc(OCC45CCCN4C[C@@H](F)C5)nc3c2F)c2ccccc2c1. The standard InChI is InChI=1S/C38H42ClF2N5O4/c1-37(2,3)50-36(47)46-24-10-11-25(46)20-44(19-24)34-29-16-30(39)31(28-15-26(48-4)14-22-8-5-6-9-27(22)28)32(41)33(29)42-35(43-34)49-21-38-12-7-13-45(38)18-23(40)17-38/h5-6,8-9,14-16,23-25H,7,10-13,17-21H2,1-4H3/t23-,24?,25?,38?/m0/s1. The minimum Gasteiger partial charge on any atom is -0.497 e. The second-order valence-electron chi connectivity index (χ2n) is 15.2. The second-order valence-corrected chi connectivity index (χ2v) is 15.6. The van der Waals surface area contributed by atoms with Gasteiger partial charge in [0, 0.05) is 37.0 Å². The van der Waals surface area contributed by atoms with Crippen LogP contribution in [0.15, 0.2) is 42.5 Å². The van der Waals surface area contributed by atoms with E-state index in [0.717, 1.165) is 43.0 Å². The summed E-state index contributed by atoms with van der Waals surface area (Å²) in [5.74, 6) is 0.465. The van der Waals surface area contributed by atoms with Gasteiger partial charge in [-0.25, -0.2) is 13.6 Å². The molecule has 12 heteroatoms. The number of methoxy groups -OCH3 is 1. The maximum absolute atomic E-state index is 17.2. The lowest BCUT2D eigenvalue weighted by Gasteiger charge is -2.42. The first kappa shape index (κ1) is 33.2. The number of benzene rings is 3. The molecule has 4 fully saturated rings. The highest BCUT2D eigenvalue weighted by Crippen LogP contribution is 2.45. The Morgan fingerprint density at radius 2 is 1.82 bits per heavy atom. The summed E-state index contributed by atoms with van der Waals surface area (Å²) in [4.78, 5) is 28.9. The van der Waals surface area contributed by atoms with E-state index >= 15 is 4.39 Å². The summed E-state index contributed by atoms with van der Waals surface area (Å²) in [6.45, 7) is 7.96. The van der Waals surface area contributed by atoms with Gasteiger partial charge in [0.05, 0.1) is 29.8 Å². The van der Waals surface area contributed by atoms with Gasteiger partial charge in [-0.1, -0.05) is 35.9 Å². The van der Waals surface area contributed by atoms with Crippen LogP contribution in [-0.4, -0.2) is 95.2 Å². The molecule has 5 heterocycles. The molecule has 4 saturated heterocycles. The van der Waals surface area contributed by atoms with Gasteiger partial charge in [-0.2, -0.15) is 9.97 Å². The smallest absolute Gasteiger partial charge is 0.410 e. The first-order chi connectivity index (χ1) is 23.9. The van der Waals surface area contributed by atoms with Crippen molar-refractivity contribution in [3.8, 4) is 22.9 Å². The fourth-order valence-electron chi connectivity index (χ4n) is 8.66. The molecule has 4 atom stereocenters. The quantitative estimate of drug-likeness (QED) is 0.201. The van der Waals surface area contributed by atoms with Crippen LogP contribution in [0.4, 0.5) is 19.4 Å². The summed E-state index contributed by atoms with van der Waals surface area (Å²) >= 11 is 7.01. The van der Waals surface area contributed by atoms with Crippen LogP contribution in [0.5, 0.6) is 11.8 Å². The second kappa shape index (κ2) is 12.4. The van der Waals surface area contributed by atoms with Crippen LogP contribution >= 0.6 is 11.6 Å². The van der Waals surface area contributed by atoms with Crippen molar-refractivity contribution >= 4 is 45.2 Å². The molecule has 0 spiro atoms. The van der Waals surface area contributed by atoms with Gasteiger partial charge in [-0.3, -0.25) is 9.80 Å². The van der Waals surface area contributed by atoms with Crippen molar-refractivity contribution in [2.24, 2.45) is 0 Å². The summed E-state index contributed by atoms with van der Waals surface area (Å²) in [7, 11) is 1.57. The average Bonchev–Trinajstić information content (AvgIpc) is 3.69. The fourth-order valence-corrected chi connectivity index (χ4v) is 8.95.